The molecule has 0 unspecified atom stereocenters. The molecule has 1 fully saturated rings. The highest BCUT2D eigenvalue weighted by Gasteiger charge is 2.48. The second-order valence-corrected chi connectivity index (χ2v) is 5.05. The molecular formula is C16H16ClF2NO3. The maximum absolute atomic E-state index is 14.3. The number of fused-ring (bicyclic) bond motifs is 1. The van der Waals surface area contributed by atoms with E-state index in [4.69, 9.17) is 4.74 Å². The number of carbonyl (C=O) groups is 1. The highest BCUT2D eigenvalue weighted by atomic mass is 35.5. The Balaban J connectivity index is 0.00000192. The molecule has 0 aromatic heterocycles. The van der Waals surface area contributed by atoms with Gasteiger partial charge in [-0.05, 0) is 23.8 Å². The number of cyclic esters (lactones) is 1. The maximum atomic E-state index is 14.3. The van der Waals surface area contributed by atoms with Gasteiger partial charge in [-0.15, -0.1) is 12.4 Å². The SMILES string of the molecule is CCOc1ccc2ccccc2c1[C@@H]1NC(=O)OCC1(F)F.Cl. The average molecular weight is 344 g/mol. The molecule has 3 rings (SSSR count). The lowest BCUT2D eigenvalue weighted by Gasteiger charge is -2.33. The Labute approximate surface area is 138 Å². The van der Waals surface area contributed by atoms with Crippen LogP contribution in [0.5, 0.6) is 5.75 Å². The van der Waals surface area contributed by atoms with E-state index in [1.54, 1.807) is 25.1 Å². The van der Waals surface area contributed by atoms with Crippen LogP contribution < -0.4 is 10.1 Å². The molecule has 2 aromatic rings. The minimum absolute atomic E-state index is 0. The highest BCUT2D eigenvalue weighted by molar-refractivity contribution is 5.89. The molecule has 2 aromatic carbocycles. The van der Waals surface area contributed by atoms with E-state index >= 15 is 0 Å². The summed E-state index contributed by atoms with van der Waals surface area (Å²) >= 11 is 0. The van der Waals surface area contributed by atoms with E-state index < -0.39 is 24.7 Å². The van der Waals surface area contributed by atoms with Gasteiger partial charge in [0.25, 0.3) is 0 Å². The van der Waals surface area contributed by atoms with Gasteiger partial charge in [0, 0.05) is 5.56 Å². The number of alkyl halides is 2. The van der Waals surface area contributed by atoms with Crippen molar-refractivity contribution in [3.05, 3.63) is 42.0 Å². The highest BCUT2D eigenvalue weighted by Crippen LogP contribution is 2.42. The number of amides is 1. The molecule has 0 bridgehead atoms. The van der Waals surface area contributed by atoms with E-state index in [0.717, 1.165) is 5.39 Å². The monoisotopic (exact) mass is 343 g/mol. The fourth-order valence-corrected chi connectivity index (χ4v) is 2.65. The summed E-state index contributed by atoms with van der Waals surface area (Å²) in [4.78, 5) is 11.4. The predicted octanol–water partition coefficient (Wildman–Crippen LogP) is 4.08. The van der Waals surface area contributed by atoms with Crippen LogP contribution in [0.15, 0.2) is 36.4 Å². The van der Waals surface area contributed by atoms with Gasteiger partial charge in [0.2, 0.25) is 0 Å². The van der Waals surface area contributed by atoms with E-state index in [2.05, 4.69) is 10.1 Å². The predicted molar refractivity (Wildman–Crippen MR) is 84.5 cm³/mol. The zero-order chi connectivity index (χ0) is 15.7. The number of hydrogen-bond acceptors (Lipinski definition) is 3. The van der Waals surface area contributed by atoms with Crippen molar-refractivity contribution in [2.45, 2.75) is 18.9 Å². The van der Waals surface area contributed by atoms with Crippen molar-refractivity contribution in [3.8, 4) is 5.75 Å². The summed E-state index contributed by atoms with van der Waals surface area (Å²) in [5, 5.41) is 3.65. The molecule has 1 aliphatic rings. The third-order valence-electron chi connectivity index (χ3n) is 3.60. The van der Waals surface area contributed by atoms with Crippen LogP contribution in [0.25, 0.3) is 10.8 Å². The quantitative estimate of drug-likeness (QED) is 0.913. The zero-order valence-corrected chi connectivity index (χ0v) is 13.2. The van der Waals surface area contributed by atoms with Crippen LogP contribution in [0.2, 0.25) is 0 Å². The van der Waals surface area contributed by atoms with Gasteiger partial charge < -0.3 is 14.8 Å². The third kappa shape index (κ3) is 3.17. The number of benzene rings is 2. The van der Waals surface area contributed by atoms with Crippen LogP contribution in [0, 0.1) is 0 Å². The van der Waals surface area contributed by atoms with Gasteiger partial charge in [-0.1, -0.05) is 30.3 Å². The molecule has 0 spiro atoms. The van der Waals surface area contributed by atoms with Crippen LogP contribution in [0.4, 0.5) is 13.6 Å². The van der Waals surface area contributed by atoms with E-state index in [1.807, 2.05) is 18.2 Å². The van der Waals surface area contributed by atoms with Gasteiger partial charge >= 0.3 is 12.0 Å². The van der Waals surface area contributed by atoms with Crippen molar-refractivity contribution in [2.24, 2.45) is 0 Å². The number of ether oxygens (including phenoxy) is 2. The van der Waals surface area contributed by atoms with Crippen LogP contribution in [0.3, 0.4) is 0 Å². The molecule has 0 aliphatic carbocycles. The van der Waals surface area contributed by atoms with Gasteiger partial charge in [0.15, 0.2) is 6.61 Å². The molecule has 1 aliphatic heterocycles. The summed E-state index contributed by atoms with van der Waals surface area (Å²) in [7, 11) is 0. The molecule has 4 nitrogen and oxygen atoms in total. The molecule has 1 amide bonds. The molecule has 1 N–H and O–H groups in total. The summed E-state index contributed by atoms with van der Waals surface area (Å²) in [5.74, 6) is -2.88. The largest absolute Gasteiger partial charge is 0.493 e. The van der Waals surface area contributed by atoms with Gasteiger partial charge in [-0.3, -0.25) is 0 Å². The van der Waals surface area contributed by atoms with Crippen molar-refractivity contribution in [2.75, 3.05) is 13.2 Å². The first-order valence-electron chi connectivity index (χ1n) is 6.98. The lowest BCUT2D eigenvalue weighted by atomic mass is 9.93. The second kappa shape index (κ2) is 6.58. The molecule has 23 heavy (non-hydrogen) atoms. The first-order chi connectivity index (χ1) is 10.5. The normalized spacial score (nSPS) is 19.4. The van der Waals surface area contributed by atoms with Crippen molar-refractivity contribution < 1.29 is 23.0 Å². The Morgan fingerprint density at radius 1 is 1.30 bits per heavy atom. The van der Waals surface area contributed by atoms with Gasteiger partial charge in [-0.2, -0.15) is 0 Å². The molecule has 1 saturated heterocycles. The summed E-state index contributed by atoms with van der Waals surface area (Å²) in [6.45, 7) is 1.17. The number of halogens is 3. The van der Waals surface area contributed by atoms with Gasteiger partial charge in [-0.25, -0.2) is 13.6 Å². The summed E-state index contributed by atoms with van der Waals surface area (Å²) < 4.78 is 38.5. The first-order valence-corrected chi connectivity index (χ1v) is 6.98. The summed E-state index contributed by atoms with van der Waals surface area (Å²) in [6.07, 6.45) is -0.855. The molecular weight excluding hydrogens is 328 g/mol. The molecule has 7 heteroatoms. The average Bonchev–Trinajstić information content (AvgIpc) is 2.50. The summed E-state index contributed by atoms with van der Waals surface area (Å²) in [6, 6.07) is 9.13. The number of alkyl carbamates (subject to hydrolysis) is 1. The Morgan fingerprint density at radius 3 is 2.78 bits per heavy atom. The lowest BCUT2D eigenvalue weighted by molar-refractivity contribution is -0.104. The molecule has 1 atom stereocenters. The Morgan fingerprint density at radius 2 is 2.04 bits per heavy atom. The van der Waals surface area contributed by atoms with Crippen molar-refractivity contribution >= 4 is 29.3 Å². The van der Waals surface area contributed by atoms with Gasteiger partial charge in [0.05, 0.1) is 6.61 Å². The van der Waals surface area contributed by atoms with E-state index in [0.29, 0.717) is 17.7 Å². The van der Waals surface area contributed by atoms with E-state index in [-0.39, 0.29) is 18.0 Å². The van der Waals surface area contributed by atoms with Crippen molar-refractivity contribution in [3.63, 3.8) is 0 Å². The van der Waals surface area contributed by atoms with Gasteiger partial charge in [0.1, 0.15) is 11.8 Å². The lowest BCUT2D eigenvalue weighted by Crippen LogP contribution is -2.49. The Bertz CT molecular complexity index is 724. The van der Waals surface area contributed by atoms with Crippen LogP contribution in [-0.2, 0) is 4.74 Å². The van der Waals surface area contributed by atoms with E-state index in [9.17, 15) is 13.6 Å². The fourth-order valence-electron chi connectivity index (χ4n) is 2.65. The summed E-state index contributed by atoms with van der Waals surface area (Å²) in [5.41, 5.74) is 0.279. The third-order valence-corrected chi connectivity index (χ3v) is 3.60. The number of hydrogen-bond donors (Lipinski definition) is 1. The van der Waals surface area contributed by atoms with E-state index in [1.165, 1.54) is 0 Å². The number of nitrogens with one attached hydrogen (secondary N) is 1. The molecule has 0 saturated carbocycles. The fraction of sp³-hybridized carbons (Fsp3) is 0.312. The van der Waals surface area contributed by atoms with Crippen molar-refractivity contribution in [1.29, 1.82) is 0 Å². The Kier molecular flexibility index (Phi) is 4.94. The van der Waals surface area contributed by atoms with Crippen LogP contribution in [0.1, 0.15) is 18.5 Å². The molecule has 1 heterocycles. The molecule has 0 radical (unpaired) electrons. The van der Waals surface area contributed by atoms with Crippen molar-refractivity contribution in [1.82, 2.24) is 5.32 Å². The zero-order valence-electron chi connectivity index (χ0n) is 12.3. The molecule has 124 valence electrons. The second-order valence-electron chi connectivity index (χ2n) is 5.05. The first kappa shape index (κ1) is 17.3. The smallest absolute Gasteiger partial charge is 0.408 e. The maximum Gasteiger partial charge on any atom is 0.408 e. The van der Waals surface area contributed by atoms with Crippen LogP contribution in [-0.4, -0.2) is 25.2 Å². The van der Waals surface area contributed by atoms with Crippen LogP contribution >= 0.6 is 12.4 Å². The number of carbonyl (C=O) groups excluding carboxylic acids is 1. The topological polar surface area (TPSA) is 47.6 Å². The minimum atomic E-state index is -3.22. The Hall–Kier alpha value is -2.08. The standard InChI is InChI=1S/C16H15F2NO3.ClH/c1-2-21-12-8-7-10-5-3-4-6-11(10)13(12)14-16(17,18)9-22-15(20)19-14;/h3-8,14H,2,9H2,1H3,(H,19,20);1H/t14-;/m0./s1. The minimum Gasteiger partial charge on any atom is -0.493 e. The number of rotatable bonds is 3.